The Balaban J connectivity index is 1.56. The average Bonchev–Trinajstić information content (AvgIpc) is 3.46. The Morgan fingerprint density at radius 1 is 0.966 bits per heavy atom. The highest BCUT2D eigenvalue weighted by molar-refractivity contribution is 6.05. The minimum atomic E-state index is -0.276. The first kappa shape index (κ1) is 20.4. The topological polar surface area (TPSA) is 99.3 Å². The third-order valence-corrected chi connectivity index (χ3v) is 4.32. The lowest BCUT2D eigenvalue weighted by atomic mass is 10.1. The molecule has 0 bridgehead atoms. The van der Waals surface area contributed by atoms with Crippen LogP contribution in [0.25, 0.3) is 0 Å². The molecule has 0 spiro atoms. The molecule has 0 unspecified atom stereocenters. The van der Waals surface area contributed by atoms with Crippen molar-refractivity contribution < 1.29 is 14.4 Å². The summed E-state index contributed by atoms with van der Waals surface area (Å²) in [7, 11) is 0. The van der Waals surface area contributed by atoms with Crippen LogP contribution in [-0.4, -0.2) is 29.9 Å². The van der Waals surface area contributed by atoms with Crippen molar-refractivity contribution in [3.8, 4) is 0 Å². The fraction of sp³-hybridized carbons (Fsp3) is 0.318. The molecule has 2 aromatic rings. The second-order valence-electron chi connectivity index (χ2n) is 7.50. The van der Waals surface area contributed by atoms with Gasteiger partial charge in [-0.3, -0.25) is 9.59 Å². The maximum atomic E-state index is 12.5. The summed E-state index contributed by atoms with van der Waals surface area (Å²) < 4.78 is 0. The van der Waals surface area contributed by atoms with Crippen molar-refractivity contribution in [2.75, 3.05) is 10.6 Å². The molecule has 0 atom stereocenters. The van der Waals surface area contributed by atoms with Gasteiger partial charge < -0.3 is 21.3 Å². The molecule has 3 rings (SSSR count). The largest absolute Gasteiger partial charge is 0.354 e. The van der Waals surface area contributed by atoms with Crippen molar-refractivity contribution in [1.29, 1.82) is 0 Å². The smallest absolute Gasteiger partial charge is 0.319 e. The molecule has 0 saturated heterocycles. The van der Waals surface area contributed by atoms with Crippen LogP contribution in [0.1, 0.15) is 42.6 Å². The molecule has 1 aliphatic rings. The molecule has 4 N–H and O–H groups in total. The number of carbonyl (C=O) groups excluding carboxylic acids is 3. The molecule has 0 aromatic heterocycles. The molecule has 2 aromatic carbocycles. The number of nitrogens with one attached hydrogen (secondary N) is 4. The number of urea groups is 1. The Bertz CT molecular complexity index is 889. The summed E-state index contributed by atoms with van der Waals surface area (Å²) in [5, 5.41) is 11.3. The molecule has 7 heteroatoms. The van der Waals surface area contributed by atoms with Gasteiger partial charge in [-0.15, -0.1) is 0 Å². The van der Waals surface area contributed by atoms with Crippen molar-refractivity contribution in [3.63, 3.8) is 0 Å². The average molecular weight is 394 g/mol. The third kappa shape index (κ3) is 6.64. The van der Waals surface area contributed by atoms with Gasteiger partial charge in [0, 0.05) is 29.0 Å². The number of rotatable bonds is 7. The van der Waals surface area contributed by atoms with Gasteiger partial charge in [0.25, 0.3) is 5.91 Å². The predicted molar refractivity (Wildman–Crippen MR) is 113 cm³/mol. The quantitative estimate of drug-likeness (QED) is 0.580. The van der Waals surface area contributed by atoms with Gasteiger partial charge in [-0.25, -0.2) is 4.79 Å². The van der Waals surface area contributed by atoms with Gasteiger partial charge in [-0.05, 0) is 62.6 Å². The first-order valence-corrected chi connectivity index (χ1v) is 9.76. The van der Waals surface area contributed by atoms with E-state index in [0.29, 0.717) is 23.4 Å². The summed E-state index contributed by atoms with van der Waals surface area (Å²) >= 11 is 0. The molecule has 0 aliphatic heterocycles. The zero-order valence-corrected chi connectivity index (χ0v) is 16.6. The minimum Gasteiger partial charge on any atom is -0.354 e. The van der Waals surface area contributed by atoms with Crippen LogP contribution in [0.15, 0.2) is 48.5 Å². The SMILES string of the molecule is CC(C)NC(=O)Cc1ccc(NC(=O)c2cccc(NC(=O)NC3CC3)c2)cc1. The van der Waals surface area contributed by atoms with Crippen molar-refractivity contribution >= 4 is 29.2 Å². The van der Waals surface area contributed by atoms with E-state index in [0.717, 1.165) is 18.4 Å². The highest BCUT2D eigenvalue weighted by Gasteiger charge is 2.23. The van der Waals surface area contributed by atoms with Gasteiger partial charge in [0.1, 0.15) is 0 Å². The van der Waals surface area contributed by atoms with Gasteiger partial charge >= 0.3 is 6.03 Å². The Kier molecular flexibility index (Phi) is 6.49. The first-order valence-electron chi connectivity index (χ1n) is 9.76. The Morgan fingerprint density at radius 2 is 1.69 bits per heavy atom. The Morgan fingerprint density at radius 3 is 2.34 bits per heavy atom. The monoisotopic (exact) mass is 394 g/mol. The fourth-order valence-corrected chi connectivity index (χ4v) is 2.79. The summed E-state index contributed by atoms with van der Waals surface area (Å²) in [4.78, 5) is 36.2. The van der Waals surface area contributed by atoms with Crippen molar-refractivity contribution in [3.05, 3.63) is 59.7 Å². The Hall–Kier alpha value is -3.35. The summed E-state index contributed by atoms with van der Waals surface area (Å²) in [6.07, 6.45) is 2.32. The summed E-state index contributed by atoms with van der Waals surface area (Å²) in [6, 6.07) is 14.0. The van der Waals surface area contributed by atoms with E-state index in [2.05, 4.69) is 21.3 Å². The van der Waals surface area contributed by atoms with Crippen molar-refractivity contribution in [1.82, 2.24) is 10.6 Å². The van der Waals surface area contributed by atoms with Crippen LogP contribution in [-0.2, 0) is 11.2 Å². The molecule has 29 heavy (non-hydrogen) atoms. The number of hydrogen-bond donors (Lipinski definition) is 4. The first-order chi connectivity index (χ1) is 13.9. The standard InChI is InChI=1S/C22H26N4O3/c1-14(2)23-20(27)12-15-6-8-17(9-7-15)24-21(28)16-4-3-5-19(13-16)26-22(29)25-18-10-11-18/h3-9,13-14,18H,10-12H2,1-2H3,(H,23,27)(H,24,28)(H2,25,26,29). The molecule has 1 fully saturated rings. The van der Waals surface area contributed by atoms with E-state index < -0.39 is 0 Å². The molecular weight excluding hydrogens is 368 g/mol. The third-order valence-electron chi connectivity index (χ3n) is 4.32. The summed E-state index contributed by atoms with van der Waals surface area (Å²) in [5.74, 6) is -0.312. The van der Waals surface area contributed by atoms with Crippen molar-refractivity contribution in [2.24, 2.45) is 0 Å². The van der Waals surface area contributed by atoms with E-state index in [-0.39, 0.29) is 29.9 Å². The Labute approximate surface area is 170 Å². The minimum absolute atomic E-state index is 0.0353. The van der Waals surface area contributed by atoms with Gasteiger partial charge in [-0.2, -0.15) is 0 Å². The molecule has 152 valence electrons. The van der Waals surface area contributed by atoms with Crippen LogP contribution >= 0.6 is 0 Å². The van der Waals surface area contributed by atoms with Gasteiger partial charge in [0.15, 0.2) is 0 Å². The second kappa shape index (κ2) is 9.23. The second-order valence-corrected chi connectivity index (χ2v) is 7.50. The maximum Gasteiger partial charge on any atom is 0.319 e. The highest BCUT2D eigenvalue weighted by Crippen LogP contribution is 2.19. The number of carbonyl (C=O) groups is 3. The van der Waals surface area contributed by atoms with Gasteiger partial charge in [0.2, 0.25) is 5.91 Å². The van der Waals surface area contributed by atoms with E-state index >= 15 is 0 Å². The predicted octanol–water partition coefficient (Wildman–Crippen LogP) is 3.29. The van der Waals surface area contributed by atoms with Crippen LogP contribution in [0.3, 0.4) is 0 Å². The lowest BCUT2D eigenvalue weighted by Gasteiger charge is -2.10. The van der Waals surface area contributed by atoms with E-state index in [1.807, 2.05) is 26.0 Å². The van der Waals surface area contributed by atoms with E-state index in [9.17, 15) is 14.4 Å². The molecule has 0 heterocycles. The van der Waals surface area contributed by atoms with Crippen LogP contribution in [0.2, 0.25) is 0 Å². The van der Waals surface area contributed by atoms with E-state index in [4.69, 9.17) is 0 Å². The molecule has 1 saturated carbocycles. The highest BCUT2D eigenvalue weighted by atomic mass is 16.2. The molecule has 7 nitrogen and oxygen atoms in total. The van der Waals surface area contributed by atoms with Crippen LogP contribution < -0.4 is 21.3 Å². The molecule has 1 aliphatic carbocycles. The van der Waals surface area contributed by atoms with Crippen LogP contribution in [0.4, 0.5) is 16.2 Å². The van der Waals surface area contributed by atoms with E-state index in [1.54, 1.807) is 36.4 Å². The zero-order valence-electron chi connectivity index (χ0n) is 16.6. The number of anilines is 2. The summed E-state index contributed by atoms with van der Waals surface area (Å²) in [5.41, 5.74) is 2.50. The van der Waals surface area contributed by atoms with Crippen LogP contribution in [0, 0.1) is 0 Å². The molecule has 0 radical (unpaired) electrons. The lowest BCUT2D eigenvalue weighted by molar-refractivity contribution is -0.120. The summed E-state index contributed by atoms with van der Waals surface area (Å²) in [6.45, 7) is 3.83. The molecular formula is C22H26N4O3. The number of benzene rings is 2. The molecule has 4 amide bonds. The van der Waals surface area contributed by atoms with Crippen LogP contribution in [0.5, 0.6) is 0 Å². The zero-order chi connectivity index (χ0) is 20.8. The lowest BCUT2D eigenvalue weighted by Crippen LogP contribution is -2.31. The van der Waals surface area contributed by atoms with Gasteiger partial charge in [0.05, 0.1) is 6.42 Å². The van der Waals surface area contributed by atoms with Crippen molar-refractivity contribution in [2.45, 2.75) is 45.2 Å². The van der Waals surface area contributed by atoms with Gasteiger partial charge in [-0.1, -0.05) is 18.2 Å². The normalized spacial score (nSPS) is 12.9. The maximum absolute atomic E-state index is 12.5. The fourth-order valence-electron chi connectivity index (χ4n) is 2.79. The number of amides is 4. The van der Waals surface area contributed by atoms with E-state index in [1.165, 1.54) is 0 Å². The number of hydrogen-bond acceptors (Lipinski definition) is 3.